The Bertz CT molecular complexity index is 1300. The number of nitrogens with zero attached hydrogens (tertiary/aromatic N) is 2. The van der Waals surface area contributed by atoms with Crippen molar-refractivity contribution in [3.05, 3.63) is 53.4 Å². The molecule has 37 heavy (non-hydrogen) atoms. The standard InChI is InChI=1S/C15H16BrClN2O3.C10H8BrClN2O/c1-15(2,3)22-14(20)19-10-6-8-9(12(16)13(10)17)7-21-11(8)4-5-18;11-9-6-4-15-8(1-2-13)5(6)3-7(14)10(9)12/h6,11H,4,7H2,1-3H3,(H,19,20);3,8H,1,4,14H2. The van der Waals surface area contributed by atoms with Gasteiger partial charge >= 0.3 is 6.09 Å². The van der Waals surface area contributed by atoms with Gasteiger partial charge in [0.25, 0.3) is 0 Å². The van der Waals surface area contributed by atoms with Crippen molar-refractivity contribution in [2.24, 2.45) is 0 Å². The predicted octanol–water partition coefficient (Wildman–Crippen LogP) is 8.10. The van der Waals surface area contributed by atoms with Crippen LogP contribution < -0.4 is 11.1 Å². The first kappa shape index (κ1) is 29.5. The van der Waals surface area contributed by atoms with E-state index in [1.165, 1.54) is 0 Å². The zero-order chi connectivity index (χ0) is 27.5. The van der Waals surface area contributed by atoms with Crippen molar-refractivity contribution in [3.63, 3.8) is 0 Å². The first-order chi connectivity index (χ1) is 17.4. The molecule has 4 rings (SSSR count). The number of fused-ring (bicyclic) bond motifs is 2. The number of nitriles is 2. The largest absolute Gasteiger partial charge is 0.444 e. The van der Waals surface area contributed by atoms with Crippen LogP contribution in [0, 0.1) is 22.7 Å². The molecule has 0 radical (unpaired) electrons. The molecule has 0 fully saturated rings. The summed E-state index contributed by atoms with van der Waals surface area (Å²) >= 11 is 19.1. The van der Waals surface area contributed by atoms with Crippen LogP contribution in [0.25, 0.3) is 0 Å². The highest BCUT2D eigenvalue weighted by atomic mass is 79.9. The van der Waals surface area contributed by atoms with Crippen LogP contribution in [0.1, 0.15) is 68.1 Å². The summed E-state index contributed by atoms with van der Waals surface area (Å²) in [5.74, 6) is 0. The third-order valence-electron chi connectivity index (χ3n) is 5.45. The average molecular weight is 675 g/mol. The van der Waals surface area contributed by atoms with Crippen LogP contribution in [-0.4, -0.2) is 11.7 Å². The van der Waals surface area contributed by atoms with Gasteiger partial charge in [0.2, 0.25) is 0 Å². The molecule has 1 amide bonds. The van der Waals surface area contributed by atoms with Crippen molar-refractivity contribution < 1.29 is 19.0 Å². The Morgan fingerprint density at radius 3 is 2.03 bits per heavy atom. The second kappa shape index (κ2) is 12.2. The maximum absolute atomic E-state index is 11.9. The lowest BCUT2D eigenvalue weighted by Gasteiger charge is -2.20. The van der Waals surface area contributed by atoms with Crippen LogP contribution in [0.3, 0.4) is 0 Å². The van der Waals surface area contributed by atoms with Gasteiger partial charge in [-0.1, -0.05) is 23.2 Å². The summed E-state index contributed by atoms with van der Waals surface area (Å²) in [6, 6.07) is 7.71. The summed E-state index contributed by atoms with van der Waals surface area (Å²) in [4.78, 5) is 11.9. The Balaban J connectivity index is 0.000000220. The lowest BCUT2D eigenvalue weighted by Crippen LogP contribution is -2.27. The minimum atomic E-state index is -0.600. The van der Waals surface area contributed by atoms with Crippen molar-refractivity contribution in [1.29, 1.82) is 10.5 Å². The van der Waals surface area contributed by atoms with Gasteiger partial charge in [-0.05, 0) is 87.0 Å². The zero-order valence-electron chi connectivity index (χ0n) is 20.3. The molecule has 2 unspecified atom stereocenters. The molecule has 2 aromatic rings. The average Bonchev–Trinajstić information content (AvgIpc) is 3.40. The second-order valence-electron chi connectivity index (χ2n) is 9.23. The number of nitrogens with one attached hydrogen (secondary N) is 1. The van der Waals surface area contributed by atoms with Crippen molar-refractivity contribution in [3.8, 4) is 12.1 Å². The highest BCUT2D eigenvalue weighted by molar-refractivity contribution is 9.11. The third-order valence-corrected chi connectivity index (χ3v) is 8.46. The molecule has 2 aliphatic rings. The second-order valence-corrected chi connectivity index (χ2v) is 11.6. The smallest absolute Gasteiger partial charge is 0.412 e. The van der Waals surface area contributed by atoms with Crippen LogP contribution >= 0.6 is 55.1 Å². The molecule has 0 bridgehead atoms. The molecule has 196 valence electrons. The lowest BCUT2D eigenvalue weighted by molar-refractivity contribution is 0.0635. The summed E-state index contributed by atoms with van der Waals surface area (Å²) in [7, 11) is 0. The molecule has 0 aromatic heterocycles. The molecular weight excluding hydrogens is 651 g/mol. The summed E-state index contributed by atoms with van der Waals surface area (Å²) in [6.45, 7) is 6.20. The van der Waals surface area contributed by atoms with E-state index >= 15 is 0 Å². The van der Waals surface area contributed by atoms with E-state index in [0.717, 1.165) is 26.7 Å². The Hall–Kier alpha value is -2.05. The molecule has 2 aliphatic heterocycles. The molecule has 0 spiro atoms. The number of halogens is 4. The van der Waals surface area contributed by atoms with Crippen molar-refractivity contribution in [1.82, 2.24) is 0 Å². The number of nitrogens with two attached hydrogens (primary N) is 1. The SMILES string of the molecule is CC(C)(C)OC(=O)Nc1cc2c(c(Br)c1Cl)COC2CC#N.N#CCC1OCc2c1cc(N)c(Cl)c2Br. The predicted molar refractivity (Wildman–Crippen MR) is 148 cm³/mol. The quantitative estimate of drug-likeness (QED) is 0.315. The molecule has 0 saturated heterocycles. The highest BCUT2D eigenvalue weighted by Gasteiger charge is 2.29. The minimum Gasteiger partial charge on any atom is -0.444 e. The van der Waals surface area contributed by atoms with Gasteiger partial charge < -0.3 is 19.9 Å². The van der Waals surface area contributed by atoms with Crippen LogP contribution in [0.4, 0.5) is 16.2 Å². The maximum Gasteiger partial charge on any atom is 0.412 e. The van der Waals surface area contributed by atoms with E-state index < -0.39 is 11.7 Å². The number of amides is 1. The van der Waals surface area contributed by atoms with E-state index in [1.807, 2.05) is 0 Å². The number of ether oxygens (including phenoxy) is 3. The highest BCUT2D eigenvalue weighted by Crippen LogP contribution is 2.44. The third kappa shape index (κ3) is 6.88. The fourth-order valence-electron chi connectivity index (χ4n) is 3.81. The van der Waals surface area contributed by atoms with E-state index in [2.05, 4.69) is 49.3 Å². The molecule has 2 atom stereocenters. The number of carbonyl (C=O) groups excluding carboxylic acids is 1. The molecule has 12 heteroatoms. The van der Waals surface area contributed by atoms with Crippen LogP contribution in [0.15, 0.2) is 21.1 Å². The lowest BCUT2D eigenvalue weighted by atomic mass is 10.0. The van der Waals surface area contributed by atoms with Crippen molar-refractivity contribution >= 4 is 72.5 Å². The van der Waals surface area contributed by atoms with Gasteiger partial charge in [-0.3, -0.25) is 5.32 Å². The molecule has 3 N–H and O–H groups in total. The number of benzene rings is 2. The Morgan fingerprint density at radius 1 is 1.05 bits per heavy atom. The first-order valence-electron chi connectivity index (χ1n) is 11.1. The van der Waals surface area contributed by atoms with Gasteiger partial charge in [0.05, 0.1) is 71.8 Å². The van der Waals surface area contributed by atoms with Crippen LogP contribution in [-0.2, 0) is 27.4 Å². The molecule has 2 aromatic carbocycles. The minimum absolute atomic E-state index is 0.180. The number of anilines is 2. The van der Waals surface area contributed by atoms with Gasteiger partial charge in [0.1, 0.15) is 5.60 Å². The van der Waals surface area contributed by atoms with Gasteiger partial charge in [-0.25, -0.2) is 4.79 Å². The normalized spacial score (nSPS) is 17.5. The number of hydrogen-bond donors (Lipinski definition) is 2. The zero-order valence-corrected chi connectivity index (χ0v) is 24.9. The summed E-state index contributed by atoms with van der Waals surface area (Å²) in [5.41, 5.74) is 9.80. The van der Waals surface area contributed by atoms with E-state index in [-0.39, 0.29) is 18.6 Å². The summed E-state index contributed by atoms with van der Waals surface area (Å²) in [6.07, 6.45) is -0.501. The van der Waals surface area contributed by atoms with Crippen molar-refractivity contribution in [2.75, 3.05) is 11.1 Å². The summed E-state index contributed by atoms with van der Waals surface area (Å²) in [5, 5.41) is 21.0. The van der Waals surface area contributed by atoms with Gasteiger partial charge in [-0.15, -0.1) is 0 Å². The first-order valence-corrected chi connectivity index (χ1v) is 13.5. The number of nitrogen functional groups attached to an aromatic ring is 1. The van der Waals surface area contributed by atoms with E-state index in [0.29, 0.717) is 45.5 Å². The Kier molecular flexibility index (Phi) is 9.73. The molecular formula is C25H24Br2Cl2N4O4. The van der Waals surface area contributed by atoms with Crippen molar-refractivity contribution in [2.45, 2.75) is 64.6 Å². The monoisotopic (exact) mass is 672 g/mol. The fourth-order valence-corrected chi connectivity index (χ4v) is 5.32. The van der Waals surface area contributed by atoms with Gasteiger partial charge in [-0.2, -0.15) is 10.5 Å². The maximum atomic E-state index is 11.9. The number of rotatable bonds is 3. The number of hydrogen-bond acceptors (Lipinski definition) is 7. The molecule has 0 aliphatic carbocycles. The summed E-state index contributed by atoms with van der Waals surface area (Å²) < 4.78 is 17.7. The Morgan fingerprint density at radius 2 is 1.54 bits per heavy atom. The van der Waals surface area contributed by atoms with Gasteiger partial charge in [0, 0.05) is 8.95 Å². The van der Waals surface area contributed by atoms with Crippen LogP contribution in [0.2, 0.25) is 10.0 Å². The molecule has 0 saturated carbocycles. The Labute approximate surface area is 242 Å². The fraction of sp³-hybridized carbons (Fsp3) is 0.400. The van der Waals surface area contributed by atoms with Crippen LogP contribution in [0.5, 0.6) is 0 Å². The number of carbonyl (C=O) groups is 1. The molecule has 8 nitrogen and oxygen atoms in total. The molecule has 2 heterocycles. The topological polar surface area (TPSA) is 130 Å². The van der Waals surface area contributed by atoms with E-state index in [1.54, 1.807) is 32.9 Å². The van der Waals surface area contributed by atoms with E-state index in [4.69, 9.17) is 53.7 Å². The van der Waals surface area contributed by atoms with Gasteiger partial charge in [0.15, 0.2) is 0 Å². The van der Waals surface area contributed by atoms with E-state index in [9.17, 15) is 4.79 Å².